The topological polar surface area (TPSA) is 84.4 Å². The van der Waals surface area contributed by atoms with Gasteiger partial charge in [0.25, 0.3) is 5.91 Å². The summed E-state index contributed by atoms with van der Waals surface area (Å²) in [6, 6.07) is 13.7. The quantitative estimate of drug-likeness (QED) is 0.524. The van der Waals surface area contributed by atoms with Crippen LogP contribution >= 0.6 is 0 Å². The van der Waals surface area contributed by atoms with Crippen LogP contribution < -0.4 is 4.90 Å². The van der Waals surface area contributed by atoms with Crippen LogP contribution in [0.2, 0.25) is 0 Å². The molecule has 34 heavy (non-hydrogen) atoms. The molecule has 0 spiro atoms. The number of amides is 1. The Labute approximate surface area is 196 Å². The predicted molar refractivity (Wildman–Crippen MR) is 122 cm³/mol. The summed E-state index contributed by atoms with van der Waals surface area (Å²) in [5.41, 5.74) is 0.522. The summed E-state index contributed by atoms with van der Waals surface area (Å²) in [4.78, 5) is 29.4. The highest BCUT2D eigenvalue weighted by Crippen LogP contribution is 2.40. The van der Waals surface area contributed by atoms with Crippen molar-refractivity contribution in [3.05, 3.63) is 83.1 Å². The van der Waals surface area contributed by atoms with E-state index in [1.165, 1.54) is 21.9 Å². The summed E-state index contributed by atoms with van der Waals surface area (Å²) in [6.07, 6.45) is 0.644. The summed E-state index contributed by atoms with van der Waals surface area (Å²) >= 11 is 0. The average molecular weight is 466 g/mol. The van der Waals surface area contributed by atoms with Gasteiger partial charge in [0.15, 0.2) is 11.5 Å². The molecule has 3 aromatic rings. The number of benzene rings is 2. The van der Waals surface area contributed by atoms with Crippen molar-refractivity contribution in [2.24, 2.45) is 0 Å². The van der Waals surface area contributed by atoms with Gasteiger partial charge < -0.3 is 24.1 Å². The fourth-order valence-electron chi connectivity index (χ4n) is 4.77. The lowest BCUT2D eigenvalue weighted by atomic mass is 9.94. The van der Waals surface area contributed by atoms with Crippen LogP contribution in [0.3, 0.4) is 0 Å². The van der Waals surface area contributed by atoms with Crippen molar-refractivity contribution in [3.8, 4) is 0 Å². The molecule has 176 valence electrons. The van der Waals surface area contributed by atoms with E-state index in [-0.39, 0.29) is 23.4 Å². The lowest BCUT2D eigenvalue weighted by Gasteiger charge is -2.28. The summed E-state index contributed by atoms with van der Waals surface area (Å²) in [5, 5.41) is 11.5. The Morgan fingerprint density at radius 1 is 1.12 bits per heavy atom. The van der Waals surface area contributed by atoms with E-state index in [9.17, 15) is 19.1 Å². The number of rotatable bonds is 7. The number of hydrogen-bond donors (Lipinski definition) is 2. The van der Waals surface area contributed by atoms with E-state index in [4.69, 9.17) is 9.15 Å². The van der Waals surface area contributed by atoms with E-state index in [1.807, 2.05) is 6.07 Å². The second-order valence-electron chi connectivity index (χ2n) is 8.63. The van der Waals surface area contributed by atoms with Crippen LogP contribution in [0.15, 0.2) is 70.3 Å². The van der Waals surface area contributed by atoms with Crippen LogP contribution in [-0.4, -0.2) is 61.1 Å². The van der Waals surface area contributed by atoms with Crippen LogP contribution in [0.25, 0.3) is 11.0 Å². The molecule has 1 atom stereocenters. The molecule has 2 aromatic carbocycles. The first kappa shape index (κ1) is 22.3. The number of furan rings is 1. The van der Waals surface area contributed by atoms with Crippen molar-refractivity contribution in [2.75, 3.05) is 39.4 Å². The molecule has 2 aliphatic heterocycles. The molecule has 0 radical (unpaired) electrons. The molecule has 1 unspecified atom stereocenters. The molecule has 3 heterocycles. The van der Waals surface area contributed by atoms with Crippen molar-refractivity contribution in [3.63, 3.8) is 0 Å². The summed E-state index contributed by atoms with van der Waals surface area (Å²) in [7, 11) is 0. The number of Topliss-reactive ketones (excluding diaryl/α,β-unsaturated/α-hetero) is 1. The third kappa shape index (κ3) is 4.10. The zero-order valence-electron chi connectivity index (χ0n) is 18.6. The highest BCUT2D eigenvalue weighted by molar-refractivity contribution is 6.16. The standard InChI is InChI=1S/C26H25FN2O5/c27-19-8-3-2-7-18(19)23-22(24(30)21-16-17-6-1-4-9-20(17)34-21)25(31)26(32)29(23)11-5-10-28-12-14-33-15-13-28/h1-4,6-9,16,23,31H,5,10-15H2/p+1. The number of fused-ring (bicyclic) bond motifs is 1. The molecule has 1 aromatic heterocycles. The van der Waals surface area contributed by atoms with Crippen LogP contribution in [-0.2, 0) is 9.53 Å². The average Bonchev–Trinajstić information content (AvgIpc) is 3.40. The predicted octanol–water partition coefficient (Wildman–Crippen LogP) is 2.46. The van der Waals surface area contributed by atoms with Gasteiger partial charge in [-0.25, -0.2) is 4.39 Å². The molecule has 0 saturated carbocycles. The number of carbonyl (C=O) groups excluding carboxylic acids is 2. The molecule has 1 amide bonds. The van der Waals surface area contributed by atoms with E-state index in [0.29, 0.717) is 25.2 Å². The van der Waals surface area contributed by atoms with Crippen LogP contribution in [0.1, 0.15) is 28.6 Å². The van der Waals surface area contributed by atoms with Crippen molar-refractivity contribution in [2.45, 2.75) is 12.5 Å². The number of para-hydroxylation sites is 1. The van der Waals surface area contributed by atoms with E-state index in [1.54, 1.807) is 36.4 Å². The molecule has 1 saturated heterocycles. The number of carbonyl (C=O) groups is 2. The number of aliphatic hydroxyl groups is 1. The minimum atomic E-state index is -1.03. The summed E-state index contributed by atoms with van der Waals surface area (Å²) in [6.45, 7) is 4.28. The van der Waals surface area contributed by atoms with Crippen molar-refractivity contribution < 1.29 is 33.1 Å². The first-order valence-corrected chi connectivity index (χ1v) is 11.5. The van der Waals surface area contributed by atoms with Crippen LogP contribution in [0.4, 0.5) is 4.39 Å². The fraction of sp³-hybridized carbons (Fsp3) is 0.308. The molecule has 0 aliphatic carbocycles. The molecule has 5 rings (SSSR count). The highest BCUT2D eigenvalue weighted by Gasteiger charge is 2.45. The number of aliphatic hydroxyl groups excluding tert-OH is 1. The highest BCUT2D eigenvalue weighted by atomic mass is 19.1. The second kappa shape index (κ2) is 9.40. The first-order valence-electron chi connectivity index (χ1n) is 11.5. The molecule has 1 fully saturated rings. The Bertz CT molecular complexity index is 1230. The molecular weight excluding hydrogens is 439 g/mol. The van der Waals surface area contributed by atoms with Gasteiger partial charge >= 0.3 is 0 Å². The minimum absolute atomic E-state index is 0.00324. The molecule has 2 aliphatic rings. The van der Waals surface area contributed by atoms with Crippen LogP contribution in [0, 0.1) is 5.82 Å². The molecular formula is C26H26FN2O5+. The smallest absolute Gasteiger partial charge is 0.290 e. The van der Waals surface area contributed by atoms with Gasteiger partial charge in [-0.15, -0.1) is 0 Å². The Balaban J connectivity index is 1.46. The van der Waals surface area contributed by atoms with Crippen molar-refractivity contribution in [1.29, 1.82) is 0 Å². The number of ketones is 1. The Morgan fingerprint density at radius 2 is 1.85 bits per heavy atom. The number of hydrogen-bond acceptors (Lipinski definition) is 5. The number of ether oxygens (including phenoxy) is 1. The SMILES string of the molecule is O=C(C1=C(O)C(=O)N(CCC[NH+]2CCOCC2)C1c1ccccc1F)c1cc2ccccc2o1. The second-order valence-corrected chi connectivity index (χ2v) is 8.63. The van der Waals surface area contributed by atoms with E-state index in [0.717, 1.165) is 25.0 Å². The third-order valence-corrected chi connectivity index (χ3v) is 6.53. The van der Waals surface area contributed by atoms with Gasteiger partial charge in [-0.2, -0.15) is 0 Å². The van der Waals surface area contributed by atoms with E-state index < -0.39 is 29.3 Å². The number of nitrogens with zero attached hydrogens (tertiary/aromatic N) is 1. The van der Waals surface area contributed by atoms with Crippen molar-refractivity contribution in [1.82, 2.24) is 4.90 Å². The largest absolute Gasteiger partial charge is 0.503 e. The normalized spacial score (nSPS) is 19.4. The van der Waals surface area contributed by atoms with Gasteiger partial charge in [-0.3, -0.25) is 9.59 Å². The third-order valence-electron chi connectivity index (χ3n) is 6.53. The van der Waals surface area contributed by atoms with Gasteiger partial charge in [0.2, 0.25) is 5.78 Å². The van der Waals surface area contributed by atoms with Crippen LogP contribution in [0.5, 0.6) is 0 Å². The Hall–Kier alpha value is -3.49. The number of morpholine rings is 1. The Kier molecular flexibility index (Phi) is 6.17. The fourth-order valence-corrected chi connectivity index (χ4v) is 4.77. The monoisotopic (exact) mass is 465 g/mol. The number of nitrogens with one attached hydrogen (secondary N) is 1. The zero-order valence-corrected chi connectivity index (χ0v) is 18.6. The van der Waals surface area contributed by atoms with E-state index in [2.05, 4.69) is 0 Å². The summed E-state index contributed by atoms with van der Waals surface area (Å²) in [5.74, 6) is -2.51. The molecule has 7 nitrogen and oxygen atoms in total. The molecule has 2 N–H and O–H groups in total. The van der Waals surface area contributed by atoms with E-state index >= 15 is 0 Å². The number of quaternary nitrogens is 1. The lowest BCUT2D eigenvalue weighted by Crippen LogP contribution is -3.14. The number of halogens is 1. The molecule has 8 heteroatoms. The lowest BCUT2D eigenvalue weighted by molar-refractivity contribution is -0.908. The summed E-state index contributed by atoms with van der Waals surface area (Å²) < 4.78 is 26.0. The zero-order chi connectivity index (χ0) is 23.7. The van der Waals surface area contributed by atoms with Crippen molar-refractivity contribution >= 4 is 22.7 Å². The van der Waals surface area contributed by atoms with Gasteiger partial charge in [-0.1, -0.05) is 36.4 Å². The van der Waals surface area contributed by atoms with Gasteiger partial charge in [-0.05, 0) is 18.2 Å². The van der Waals surface area contributed by atoms with Gasteiger partial charge in [0.05, 0.1) is 31.4 Å². The van der Waals surface area contributed by atoms with Gasteiger partial charge in [0, 0.05) is 23.9 Å². The molecule has 0 bridgehead atoms. The maximum atomic E-state index is 14.9. The maximum absolute atomic E-state index is 14.9. The Morgan fingerprint density at radius 3 is 2.62 bits per heavy atom. The maximum Gasteiger partial charge on any atom is 0.290 e. The first-order chi connectivity index (χ1) is 16.5. The minimum Gasteiger partial charge on any atom is -0.503 e. The van der Waals surface area contributed by atoms with Gasteiger partial charge in [0.1, 0.15) is 24.5 Å².